The highest BCUT2D eigenvalue weighted by molar-refractivity contribution is 7.89. The number of aliphatic hydroxyl groups is 2. The molecule has 0 spiro atoms. The average Bonchev–Trinajstić information content (AvgIpc) is 2.67. The van der Waals surface area contributed by atoms with E-state index in [1.165, 1.54) is 0 Å². The molecule has 0 aliphatic heterocycles. The van der Waals surface area contributed by atoms with E-state index in [0.29, 0.717) is 21.7 Å². The Kier molecular flexibility index (Phi) is 8.51. The number of hydrogen-bond donors (Lipinski definition) is 5. The fraction of sp³-hybridized carbons (Fsp3) is 0.381. The molecule has 0 aliphatic rings. The number of carbonyl (C=O) groups is 1. The molecule has 5 N–H and O–H groups in total. The van der Waals surface area contributed by atoms with Crippen molar-refractivity contribution in [3.63, 3.8) is 0 Å². The largest absolute Gasteiger partial charge is 0.395 e. The molecule has 1 atom stereocenters. The van der Waals surface area contributed by atoms with Gasteiger partial charge in [0.05, 0.1) is 18.1 Å². The number of benzene rings is 2. The number of aryl methyl sites for hydroxylation is 3. The fourth-order valence-electron chi connectivity index (χ4n) is 3.26. The second kappa shape index (κ2) is 10.6. The first-order valence-corrected chi connectivity index (χ1v) is 11.1. The third kappa shape index (κ3) is 6.35. The monoisotopic (exact) mass is 435 g/mol. The van der Waals surface area contributed by atoms with Crippen LogP contribution in [0.25, 0.3) is 0 Å². The number of nitrogens with one attached hydrogen (secondary N) is 3. The molecular weight excluding hydrogens is 406 g/mol. The Morgan fingerprint density at radius 3 is 2.17 bits per heavy atom. The normalized spacial score (nSPS) is 12.6. The van der Waals surface area contributed by atoms with Gasteiger partial charge in [-0.3, -0.25) is 4.79 Å². The quantitative estimate of drug-likeness (QED) is 0.378. The summed E-state index contributed by atoms with van der Waals surface area (Å²) in [6.45, 7) is 5.25. The summed E-state index contributed by atoms with van der Waals surface area (Å²) in [6.07, 6.45) is 0. The lowest BCUT2D eigenvalue weighted by atomic mass is 10.1. The van der Waals surface area contributed by atoms with Crippen molar-refractivity contribution < 1.29 is 23.4 Å². The maximum atomic E-state index is 12.7. The summed E-state index contributed by atoms with van der Waals surface area (Å²) in [4.78, 5) is 12.4. The van der Waals surface area contributed by atoms with Gasteiger partial charge in [0.1, 0.15) is 6.04 Å². The topological polar surface area (TPSA) is 128 Å². The Bertz CT molecular complexity index is 952. The summed E-state index contributed by atoms with van der Waals surface area (Å²) < 4.78 is 28.1. The Balaban J connectivity index is 2.02. The van der Waals surface area contributed by atoms with E-state index < -0.39 is 28.6 Å². The van der Waals surface area contributed by atoms with Crippen LogP contribution in [0.2, 0.25) is 0 Å². The van der Waals surface area contributed by atoms with Crippen molar-refractivity contribution in [3.05, 3.63) is 58.7 Å². The van der Waals surface area contributed by atoms with Gasteiger partial charge in [0.15, 0.2) is 0 Å². The maximum absolute atomic E-state index is 12.7. The van der Waals surface area contributed by atoms with Gasteiger partial charge in [0, 0.05) is 18.8 Å². The van der Waals surface area contributed by atoms with Crippen LogP contribution < -0.4 is 15.4 Å². The summed E-state index contributed by atoms with van der Waals surface area (Å²) in [5.74, 6) is -0.426. The number of sulfonamides is 1. The van der Waals surface area contributed by atoms with Crippen molar-refractivity contribution in [2.45, 2.75) is 38.3 Å². The fourth-order valence-corrected chi connectivity index (χ4v) is 4.72. The SMILES string of the molecule is Cc1cc(C)c(S(=O)(=O)NCc2ccc(NC(=O)C(CO)NCCO)cc2)c(C)c1. The summed E-state index contributed by atoms with van der Waals surface area (Å²) in [7, 11) is -3.67. The van der Waals surface area contributed by atoms with Crippen molar-refractivity contribution in [2.75, 3.05) is 25.1 Å². The molecule has 0 aromatic heterocycles. The van der Waals surface area contributed by atoms with Gasteiger partial charge in [0.25, 0.3) is 0 Å². The van der Waals surface area contributed by atoms with Crippen molar-refractivity contribution in [1.82, 2.24) is 10.0 Å². The Labute approximate surface area is 177 Å². The lowest BCUT2D eigenvalue weighted by molar-refractivity contribution is -0.119. The minimum atomic E-state index is -3.67. The van der Waals surface area contributed by atoms with Gasteiger partial charge in [-0.05, 0) is 49.6 Å². The minimum Gasteiger partial charge on any atom is -0.395 e. The zero-order chi connectivity index (χ0) is 22.3. The van der Waals surface area contributed by atoms with E-state index in [1.807, 2.05) is 19.1 Å². The molecule has 8 nitrogen and oxygen atoms in total. The minimum absolute atomic E-state index is 0.112. The van der Waals surface area contributed by atoms with Crippen molar-refractivity contribution >= 4 is 21.6 Å². The summed E-state index contributed by atoms with van der Waals surface area (Å²) in [6, 6.07) is 9.59. The number of hydrogen-bond acceptors (Lipinski definition) is 6. The molecule has 164 valence electrons. The number of rotatable bonds is 10. The van der Waals surface area contributed by atoms with Crippen molar-refractivity contribution in [3.8, 4) is 0 Å². The van der Waals surface area contributed by atoms with Crippen molar-refractivity contribution in [2.24, 2.45) is 0 Å². The molecular formula is C21H29N3O5S. The third-order valence-corrected chi connectivity index (χ3v) is 6.27. The Morgan fingerprint density at radius 1 is 1.03 bits per heavy atom. The molecule has 0 aliphatic carbocycles. The van der Waals surface area contributed by atoms with E-state index in [0.717, 1.165) is 11.1 Å². The van der Waals surface area contributed by atoms with Crippen LogP contribution in [0.3, 0.4) is 0 Å². The molecule has 1 amide bonds. The van der Waals surface area contributed by atoms with E-state index in [9.17, 15) is 18.3 Å². The van der Waals surface area contributed by atoms with Crippen LogP contribution in [-0.2, 0) is 21.4 Å². The summed E-state index contributed by atoms with van der Waals surface area (Å²) in [5.41, 5.74) is 3.66. The molecule has 1 unspecified atom stereocenters. The molecule has 0 radical (unpaired) electrons. The van der Waals surface area contributed by atoms with Gasteiger partial charge >= 0.3 is 0 Å². The molecule has 0 heterocycles. The first-order chi connectivity index (χ1) is 14.2. The smallest absolute Gasteiger partial charge is 0.243 e. The van der Waals surface area contributed by atoms with Gasteiger partial charge in [-0.1, -0.05) is 29.8 Å². The Morgan fingerprint density at radius 2 is 1.63 bits per heavy atom. The lowest BCUT2D eigenvalue weighted by Crippen LogP contribution is -2.44. The second-order valence-electron chi connectivity index (χ2n) is 7.15. The van der Waals surface area contributed by atoms with Crippen LogP contribution in [0.4, 0.5) is 5.69 Å². The zero-order valence-corrected chi connectivity index (χ0v) is 18.2. The molecule has 2 aromatic carbocycles. The zero-order valence-electron chi connectivity index (χ0n) is 17.4. The first kappa shape index (κ1) is 24.0. The van der Waals surface area contributed by atoms with Gasteiger partial charge < -0.3 is 20.8 Å². The molecule has 2 aromatic rings. The molecule has 0 saturated carbocycles. The second-order valence-corrected chi connectivity index (χ2v) is 8.86. The Hall–Kier alpha value is -2.30. The number of anilines is 1. The predicted molar refractivity (Wildman–Crippen MR) is 116 cm³/mol. The molecule has 0 bridgehead atoms. The molecule has 30 heavy (non-hydrogen) atoms. The molecule has 9 heteroatoms. The van der Waals surface area contributed by atoms with Crippen LogP contribution >= 0.6 is 0 Å². The van der Waals surface area contributed by atoms with E-state index in [2.05, 4.69) is 15.4 Å². The molecule has 2 rings (SSSR count). The van der Waals surface area contributed by atoms with Crippen LogP contribution in [0.15, 0.2) is 41.3 Å². The van der Waals surface area contributed by atoms with Crippen LogP contribution in [-0.4, -0.2) is 50.3 Å². The van der Waals surface area contributed by atoms with E-state index >= 15 is 0 Å². The number of aliphatic hydroxyl groups excluding tert-OH is 2. The first-order valence-electron chi connectivity index (χ1n) is 9.60. The average molecular weight is 436 g/mol. The molecule has 0 saturated heterocycles. The van der Waals surface area contributed by atoms with E-state index in [1.54, 1.807) is 38.1 Å². The van der Waals surface area contributed by atoms with Gasteiger partial charge in [0.2, 0.25) is 15.9 Å². The van der Waals surface area contributed by atoms with Crippen LogP contribution in [0, 0.1) is 20.8 Å². The van der Waals surface area contributed by atoms with Crippen LogP contribution in [0.5, 0.6) is 0 Å². The highest BCUT2D eigenvalue weighted by Gasteiger charge is 2.20. The number of carbonyl (C=O) groups excluding carboxylic acids is 1. The molecule has 0 fully saturated rings. The number of amides is 1. The standard InChI is InChI=1S/C21H29N3O5S/c1-14-10-15(2)20(16(3)11-14)30(28,29)23-12-17-4-6-18(7-5-17)24-21(27)19(13-26)22-8-9-25/h4-7,10-11,19,22-23,25-26H,8-9,12-13H2,1-3H3,(H,24,27). The van der Waals surface area contributed by atoms with Gasteiger partial charge in [-0.2, -0.15) is 0 Å². The van der Waals surface area contributed by atoms with E-state index in [4.69, 9.17) is 5.11 Å². The summed E-state index contributed by atoms with van der Waals surface area (Å²) in [5, 5.41) is 23.5. The van der Waals surface area contributed by atoms with Crippen LogP contribution in [0.1, 0.15) is 22.3 Å². The maximum Gasteiger partial charge on any atom is 0.243 e. The van der Waals surface area contributed by atoms with E-state index in [-0.39, 0.29) is 19.7 Å². The van der Waals surface area contributed by atoms with Crippen molar-refractivity contribution in [1.29, 1.82) is 0 Å². The third-order valence-electron chi connectivity index (χ3n) is 4.56. The predicted octanol–water partition coefficient (Wildman–Crippen LogP) is 0.972. The summed E-state index contributed by atoms with van der Waals surface area (Å²) >= 11 is 0. The highest BCUT2D eigenvalue weighted by Crippen LogP contribution is 2.22. The van der Waals surface area contributed by atoms with Gasteiger partial charge in [-0.25, -0.2) is 13.1 Å². The lowest BCUT2D eigenvalue weighted by Gasteiger charge is -2.16. The highest BCUT2D eigenvalue weighted by atomic mass is 32.2. The van der Waals surface area contributed by atoms with Gasteiger partial charge in [-0.15, -0.1) is 0 Å².